The van der Waals surface area contributed by atoms with Gasteiger partial charge in [0, 0.05) is 28.6 Å². The maximum atomic E-state index is 12.5. The van der Waals surface area contributed by atoms with Crippen molar-refractivity contribution in [2.45, 2.75) is 6.54 Å². The highest BCUT2D eigenvalue weighted by Gasteiger charge is 2.11. The second-order valence-electron chi connectivity index (χ2n) is 5.98. The van der Waals surface area contributed by atoms with Crippen LogP contribution in [0.15, 0.2) is 76.9 Å². The Hall–Kier alpha value is -3.30. The summed E-state index contributed by atoms with van der Waals surface area (Å²) in [6, 6.07) is 20.9. The Kier molecular flexibility index (Phi) is 6.30. The molecule has 1 aromatic heterocycles. The fourth-order valence-corrected chi connectivity index (χ4v) is 3.08. The third-order valence-corrected chi connectivity index (χ3v) is 4.63. The molecule has 0 atom stereocenters. The largest absolute Gasteiger partial charge is 0.497 e. The van der Waals surface area contributed by atoms with Gasteiger partial charge in [-0.25, -0.2) is 0 Å². The molecule has 0 fully saturated rings. The quantitative estimate of drug-likeness (QED) is 0.458. The zero-order valence-corrected chi connectivity index (χ0v) is 16.8. The molecule has 0 saturated heterocycles. The Balaban J connectivity index is 1.76. The summed E-state index contributed by atoms with van der Waals surface area (Å²) in [6.07, 6.45) is 3.47. The maximum absolute atomic E-state index is 12.5. The minimum absolute atomic E-state index is 0.0449. The number of hydrogen-bond acceptors (Lipinski definition) is 3. The zero-order chi connectivity index (χ0) is 19.9. The summed E-state index contributed by atoms with van der Waals surface area (Å²) < 4.78 is 7.99. The van der Waals surface area contributed by atoms with Gasteiger partial charge >= 0.3 is 0 Å². The molecule has 140 valence electrons. The topological polar surface area (TPSA) is 67.0 Å². The molecule has 0 spiro atoms. The van der Waals surface area contributed by atoms with E-state index >= 15 is 0 Å². The molecule has 0 bridgehead atoms. The molecule has 1 heterocycles. The van der Waals surface area contributed by atoms with E-state index in [1.54, 1.807) is 13.2 Å². The third kappa shape index (κ3) is 4.70. The fourth-order valence-electron chi connectivity index (χ4n) is 2.69. The average molecular weight is 436 g/mol. The first-order valence-corrected chi connectivity index (χ1v) is 9.36. The highest BCUT2D eigenvalue weighted by Crippen LogP contribution is 2.19. The molecule has 0 radical (unpaired) electrons. The maximum Gasteiger partial charge on any atom is 0.262 e. The van der Waals surface area contributed by atoms with Gasteiger partial charge in [-0.15, -0.1) is 0 Å². The van der Waals surface area contributed by atoms with E-state index in [1.807, 2.05) is 77.5 Å². The van der Waals surface area contributed by atoms with Crippen LogP contribution in [0.2, 0.25) is 0 Å². The minimum atomic E-state index is -0.416. The molecular weight excluding hydrogens is 418 g/mol. The molecule has 5 nitrogen and oxygen atoms in total. The minimum Gasteiger partial charge on any atom is -0.497 e. The first kappa shape index (κ1) is 19.5. The molecule has 3 aromatic rings. The van der Waals surface area contributed by atoms with Crippen LogP contribution in [0.4, 0.5) is 0 Å². The van der Waals surface area contributed by atoms with Crippen LogP contribution in [-0.4, -0.2) is 17.6 Å². The third-order valence-electron chi connectivity index (χ3n) is 4.14. The van der Waals surface area contributed by atoms with Gasteiger partial charge in [-0.05, 0) is 54.1 Å². The van der Waals surface area contributed by atoms with E-state index in [9.17, 15) is 10.1 Å². The first-order valence-electron chi connectivity index (χ1n) is 8.57. The van der Waals surface area contributed by atoms with Gasteiger partial charge in [-0.1, -0.05) is 34.1 Å². The van der Waals surface area contributed by atoms with Gasteiger partial charge in [0.15, 0.2) is 0 Å². The van der Waals surface area contributed by atoms with Crippen LogP contribution >= 0.6 is 15.9 Å². The number of amides is 1. The van der Waals surface area contributed by atoms with Crippen LogP contribution in [0.1, 0.15) is 11.3 Å². The van der Waals surface area contributed by atoms with Gasteiger partial charge in [-0.2, -0.15) is 5.26 Å². The van der Waals surface area contributed by atoms with Gasteiger partial charge in [0.2, 0.25) is 0 Å². The average Bonchev–Trinajstić information content (AvgIpc) is 3.19. The number of benzene rings is 2. The number of hydrogen-bond donors (Lipinski definition) is 1. The number of aromatic nitrogens is 1. The van der Waals surface area contributed by atoms with E-state index in [4.69, 9.17) is 4.74 Å². The van der Waals surface area contributed by atoms with Crippen LogP contribution in [0, 0.1) is 11.3 Å². The van der Waals surface area contributed by atoms with Crippen molar-refractivity contribution in [1.29, 1.82) is 5.26 Å². The second-order valence-corrected chi connectivity index (χ2v) is 6.90. The summed E-state index contributed by atoms with van der Waals surface area (Å²) in [5.41, 5.74) is 2.64. The van der Waals surface area contributed by atoms with Gasteiger partial charge < -0.3 is 14.6 Å². The molecule has 1 N–H and O–H groups in total. The molecule has 0 aliphatic carbocycles. The Morgan fingerprint density at radius 1 is 1.21 bits per heavy atom. The number of carbonyl (C=O) groups is 1. The molecule has 0 unspecified atom stereocenters. The van der Waals surface area contributed by atoms with Crippen molar-refractivity contribution in [3.05, 3.63) is 88.2 Å². The summed E-state index contributed by atoms with van der Waals surface area (Å²) in [4.78, 5) is 12.5. The number of ether oxygens (including phenoxy) is 1. The second kappa shape index (κ2) is 9.07. The Morgan fingerprint density at radius 2 is 2.00 bits per heavy atom. The van der Waals surface area contributed by atoms with Gasteiger partial charge in [0.25, 0.3) is 5.91 Å². The molecule has 0 aliphatic rings. The van der Waals surface area contributed by atoms with E-state index in [2.05, 4.69) is 21.2 Å². The lowest BCUT2D eigenvalue weighted by atomic mass is 10.2. The van der Waals surface area contributed by atoms with Crippen LogP contribution in [0.3, 0.4) is 0 Å². The summed E-state index contributed by atoms with van der Waals surface area (Å²) >= 11 is 3.46. The van der Waals surface area contributed by atoms with Crippen molar-refractivity contribution in [2.75, 3.05) is 7.11 Å². The number of rotatable bonds is 6. The van der Waals surface area contributed by atoms with E-state index in [-0.39, 0.29) is 5.57 Å². The van der Waals surface area contributed by atoms with Crippen LogP contribution in [0.5, 0.6) is 5.75 Å². The number of methoxy groups -OCH3 is 1. The van der Waals surface area contributed by atoms with Gasteiger partial charge in [0.1, 0.15) is 17.4 Å². The van der Waals surface area contributed by atoms with Crippen LogP contribution in [-0.2, 0) is 11.3 Å². The number of nitriles is 1. The van der Waals surface area contributed by atoms with Crippen LogP contribution < -0.4 is 10.1 Å². The molecule has 2 aromatic carbocycles. The highest BCUT2D eigenvalue weighted by molar-refractivity contribution is 9.10. The molecule has 28 heavy (non-hydrogen) atoms. The van der Waals surface area contributed by atoms with E-state index in [1.165, 1.54) is 0 Å². The van der Waals surface area contributed by atoms with E-state index < -0.39 is 5.91 Å². The zero-order valence-electron chi connectivity index (χ0n) is 15.2. The molecule has 0 aliphatic heterocycles. The first-order chi connectivity index (χ1) is 13.6. The predicted molar refractivity (Wildman–Crippen MR) is 112 cm³/mol. The number of nitrogens with one attached hydrogen (secondary N) is 1. The molecule has 1 amide bonds. The smallest absolute Gasteiger partial charge is 0.262 e. The number of nitrogens with zero attached hydrogens (tertiary/aromatic N) is 2. The standard InChI is InChI=1S/C22H18BrN3O2/c1-28-21-9-7-16(8-10-21)15-25-22(27)17(14-24)12-19-6-3-11-26(19)20-5-2-4-18(23)13-20/h2-13H,15H2,1H3,(H,25,27)/b17-12+. The fraction of sp³-hybridized carbons (Fsp3) is 0.0909. The SMILES string of the molecule is COc1ccc(CNC(=O)/C(C#N)=C/c2cccn2-c2cccc(Br)c2)cc1. The van der Waals surface area contributed by atoms with Crippen molar-refractivity contribution >= 4 is 27.9 Å². The molecule has 3 rings (SSSR count). The Morgan fingerprint density at radius 3 is 2.68 bits per heavy atom. The summed E-state index contributed by atoms with van der Waals surface area (Å²) in [7, 11) is 1.60. The van der Waals surface area contributed by atoms with Gasteiger partial charge in [0.05, 0.1) is 7.11 Å². The van der Waals surface area contributed by atoms with E-state index in [0.29, 0.717) is 6.54 Å². The predicted octanol–water partition coefficient (Wildman–Crippen LogP) is 4.47. The molecular formula is C22H18BrN3O2. The summed E-state index contributed by atoms with van der Waals surface area (Å²) in [5, 5.41) is 12.2. The normalized spacial score (nSPS) is 11.0. The molecule has 0 saturated carbocycles. The van der Waals surface area contributed by atoms with Crippen molar-refractivity contribution in [1.82, 2.24) is 9.88 Å². The summed E-state index contributed by atoms with van der Waals surface area (Å²) in [5.74, 6) is 0.335. The van der Waals surface area contributed by atoms with E-state index in [0.717, 1.165) is 27.2 Å². The molecule has 6 heteroatoms. The monoisotopic (exact) mass is 435 g/mol. The highest BCUT2D eigenvalue weighted by atomic mass is 79.9. The Labute approximate surface area is 172 Å². The lowest BCUT2D eigenvalue weighted by molar-refractivity contribution is -0.117. The van der Waals surface area contributed by atoms with Crippen molar-refractivity contribution in [3.63, 3.8) is 0 Å². The van der Waals surface area contributed by atoms with Crippen molar-refractivity contribution in [3.8, 4) is 17.5 Å². The van der Waals surface area contributed by atoms with Crippen molar-refractivity contribution < 1.29 is 9.53 Å². The lowest BCUT2D eigenvalue weighted by Gasteiger charge is -2.08. The number of halogens is 1. The number of carbonyl (C=O) groups excluding carboxylic acids is 1. The Bertz CT molecular complexity index is 1050. The van der Waals surface area contributed by atoms with Gasteiger partial charge in [-0.3, -0.25) is 4.79 Å². The lowest BCUT2D eigenvalue weighted by Crippen LogP contribution is -2.24. The van der Waals surface area contributed by atoms with Crippen molar-refractivity contribution in [2.24, 2.45) is 0 Å². The summed E-state index contributed by atoms with van der Waals surface area (Å²) in [6.45, 7) is 0.328. The van der Waals surface area contributed by atoms with Crippen LogP contribution in [0.25, 0.3) is 11.8 Å².